The van der Waals surface area contributed by atoms with E-state index in [1.807, 2.05) is 36.4 Å². The molecule has 0 saturated carbocycles. The molecule has 0 radical (unpaired) electrons. The molecular formula is C18H22ClNO2. The number of halogens is 1. The van der Waals surface area contributed by atoms with Crippen LogP contribution in [0.1, 0.15) is 24.1 Å². The second kappa shape index (κ2) is 8.18. The van der Waals surface area contributed by atoms with Gasteiger partial charge in [-0.05, 0) is 48.7 Å². The van der Waals surface area contributed by atoms with E-state index in [0.717, 1.165) is 17.0 Å². The fourth-order valence-electron chi connectivity index (χ4n) is 2.49. The van der Waals surface area contributed by atoms with E-state index in [1.54, 1.807) is 19.2 Å². The minimum atomic E-state index is 0.120. The molecule has 2 aromatic rings. The molecule has 0 aromatic heterocycles. The van der Waals surface area contributed by atoms with Crippen molar-refractivity contribution in [3.63, 3.8) is 0 Å². The predicted octanol–water partition coefficient (Wildman–Crippen LogP) is 3.95. The van der Waals surface area contributed by atoms with E-state index < -0.39 is 0 Å². The highest BCUT2D eigenvalue weighted by Gasteiger charge is 2.14. The number of benzene rings is 2. The Balaban J connectivity index is 2.00. The Morgan fingerprint density at radius 2 is 1.73 bits per heavy atom. The number of ether oxygens (including phenoxy) is 1. The zero-order valence-electron chi connectivity index (χ0n) is 12.9. The van der Waals surface area contributed by atoms with Crippen molar-refractivity contribution in [3.05, 3.63) is 64.7 Å². The monoisotopic (exact) mass is 319 g/mol. The first kappa shape index (κ1) is 16.8. The second-order valence-corrected chi connectivity index (χ2v) is 5.93. The van der Waals surface area contributed by atoms with Crippen LogP contribution in [0.3, 0.4) is 0 Å². The lowest BCUT2D eigenvalue weighted by Crippen LogP contribution is -2.34. The number of rotatable bonds is 7. The van der Waals surface area contributed by atoms with Gasteiger partial charge in [-0.1, -0.05) is 35.9 Å². The van der Waals surface area contributed by atoms with Gasteiger partial charge in [0.25, 0.3) is 0 Å². The second-order valence-electron chi connectivity index (χ2n) is 5.50. The van der Waals surface area contributed by atoms with Gasteiger partial charge in [0.15, 0.2) is 0 Å². The van der Waals surface area contributed by atoms with Crippen LogP contribution in [0.15, 0.2) is 48.5 Å². The number of methoxy groups -OCH3 is 1. The third-order valence-corrected chi connectivity index (χ3v) is 3.82. The van der Waals surface area contributed by atoms with Gasteiger partial charge in [-0.3, -0.25) is 0 Å². The molecule has 2 atom stereocenters. The number of nitrogens with one attached hydrogen (secondary N) is 1. The van der Waals surface area contributed by atoms with Crippen molar-refractivity contribution in [2.45, 2.75) is 25.4 Å². The Labute approximate surface area is 136 Å². The van der Waals surface area contributed by atoms with Crippen LogP contribution in [-0.4, -0.2) is 24.9 Å². The number of hydrogen-bond acceptors (Lipinski definition) is 3. The molecule has 3 nitrogen and oxygen atoms in total. The SMILES string of the molecule is COCC(NC(C)Cc1ccc(O)cc1)c1ccc(Cl)cc1. The highest BCUT2D eigenvalue weighted by Crippen LogP contribution is 2.18. The van der Waals surface area contributed by atoms with Crippen molar-refractivity contribution in [2.75, 3.05) is 13.7 Å². The van der Waals surface area contributed by atoms with E-state index in [-0.39, 0.29) is 12.1 Å². The number of phenolic OH excluding ortho intramolecular Hbond substituents is 1. The van der Waals surface area contributed by atoms with Crippen LogP contribution in [0.5, 0.6) is 5.75 Å². The summed E-state index contributed by atoms with van der Waals surface area (Å²) in [6.07, 6.45) is 0.883. The van der Waals surface area contributed by atoms with Crippen molar-refractivity contribution < 1.29 is 9.84 Å². The molecule has 2 unspecified atom stereocenters. The van der Waals surface area contributed by atoms with E-state index in [1.165, 1.54) is 5.56 Å². The van der Waals surface area contributed by atoms with Crippen molar-refractivity contribution >= 4 is 11.6 Å². The Bertz CT molecular complexity index is 569. The average molecular weight is 320 g/mol. The minimum absolute atomic E-state index is 0.120. The first-order valence-electron chi connectivity index (χ1n) is 7.37. The van der Waals surface area contributed by atoms with E-state index in [2.05, 4.69) is 12.2 Å². The first-order chi connectivity index (χ1) is 10.6. The standard InChI is InChI=1S/C18H22ClNO2/c1-13(11-14-3-9-17(21)10-4-14)20-18(12-22-2)15-5-7-16(19)8-6-15/h3-10,13,18,20-21H,11-12H2,1-2H3. The molecule has 0 heterocycles. The summed E-state index contributed by atoms with van der Waals surface area (Å²) in [5.41, 5.74) is 2.34. The maximum absolute atomic E-state index is 9.33. The number of hydrogen-bond donors (Lipinski definition) is 2. The first-order valence-corrected chi connectivity index (χ1v) is 7.74. The zero-order chi connectivity index (χ0) is 15.9. The Morgan fingerprint density at radius 3 is 2.32 bits per heavy atom. The highest BCUT2D eigenvalue weighted by molar-refractivity contribution is 6.30. The highest BCUT2D eigenvalue weighted by atomic mass is 35.5. The summed E-state index contributed by atoms with van der Waals surface area (Å²) in [4.78, 5) is 0. The van der Waals surface area contributed by atoms with Gasteiger partial charge in [0, 0.05) is 18.2 Å². The molecule has 118 valence electrons. The summed E-state index contributed by atoms with van der Waals surface area (Å²) in [6.45, 7) is 2.74. The molecular weight excluding hydrogens is 298 g/mol. The molecule has 0 aliphatic carbocycles. The van der Waals surface area contributed by atoms with Crippen LogP contribution in [0.4, 0.5) is 0 Å². The molecule has 0 amide bonds. The van der Waals surface area contributed by atoms with Crippen molar-refractivity contribution in [1.82, 2.24) is 5.32 Å². The van der Waals surface area contributed by atoms with Gasteiger partial charge in [-0.25, -0.2) is 0 Å². The summed E-state index contributed by atoms with van der Waals surface area (Å²) in [5.74, 6) is 0.294. The van der Waals surface area contributed by atoms with Crippen LogP contribution in [0.2, 0.25) is 5.02 Å². The van der Waals surface area contributed by atoms with Crippen LogP contribution < -0.4 is 5.32 Å². The van der Waals surface area contributed by atoms with Gasteiger partial charge in [0.2, 0.25) is 0 Å². The predicted molar refractivity (Wildman–Crippen MR) is 90.5 cm³/mol. The molecule has 0 fully saturated rings. The van der Waals surface area contributed by atoms with E-state index >= 15 is 0 Å². The van der Waals surface area contributed by atoms with Gasteiger partial charge in [0.1, 0.15) is 5.75 Å². The molecule has 0 spiro atoms. The van der Waals surface area contributed by atoms with Crippen LogP contribution in [0, 0.1) is 0 Å². The summed E-state index contributed by atoms with van der Waals surface area (Å²) < 4.78 is 5.33. The molecule has 2 N–H and O–H groups in total. The van der Waals surface area contributed by atoms with E-state index in [0.29, 0.717) is 12.4 Å². The fourth-order valence-corrected chi connectivity index (χ4v) is 2.62. The molecule has 0 aliphatic rings. The number of phenols is 1. The molecule has 0 saturated heterocycles. The molecule has 4 heteroatoms. The Hall–Kier alpha value is -1.55. The van der Waals surface area contributed by atoms with Gasteiger partial charge in [-0.15, -0.1) is 0 Å². The van der Waals surface area contributed by atoms with Gasteiger partial charge < -0.3 is 15.2 Å². The van der Waals surface area contributed by atoms with Crippen molar-refractivity contribution in [2.24, 2.45) is 0 Å². The van der Waals surface area contributed by atoms with Gasteiger partial charge in [-0.2, -0.15) is 0 Å². The average Bonchev–Trinajstić information content (AvgIpc) is 2.50. The lowest BCUT2D eigenvalue weighted by molar-refractivity contribution is 0.162. The van der Waals surface area contributed by atoms with Crippen molar-refractivity contribution in [1.29, 1.82) is 0 Å². The minimum Gasteiger partial charge on any atom is -0.508 e. The van der Waals surface area contributed by atoms with Crippen molar-refractivity contribution in [3.8, 4) is 5.75 Å². The normalized spacial score (nSPS) is 13.8. The number of aromatic hydroxyl groups is 1. The maximum Gasteiger partial charge on any atom is 0.115 e. The van der Waals surface area contributed by atoms with Crippen LogP contribution in [0.25, 0.3) is 0 Å². The molecule has 22 heavy (non-hydrogen) atoms. The molecule has 2 rings (SSSR count). The fraction of sp³-hybridized carbons (Fsp3) is 0.333. The van der Waals surface area contributed by atoms with Crippen LogP contribution in [-0.2, 0) is 11.2 Å². The topological polar surface area (TPSA) is 41.5 Å². The zero-order valence-corrected chi connectivity index (χ0v) is 13.7. The van der Waals surface area contributed by atoms with E-state index in [4.69, 9.17) is 16.3 Å². The molecule has 0 aliphatic heterocycles. The van der Waals surface area contributed by atoms with E-state index in [9.17, 15) is 5.11 Å². The Kier molecular flexibility index (Phi) is 6.25. The van der Waals surface area contributed by atoms with Gasteiger partial charge >= 0.3 is 0 Å². The molecule has 2 aromatic carbocycles. The quantitative estimate of drug-likeness (QED) is 0.812. The third-order valence-electron chi connectivity index (χ3n) is 3.57. The summed E-state index contributed by atoms with van der Waals surface area (Å²) in [6, 6.07) is 15.6. The maximum atomic E-state index is 9.33. The third kappa shape index (κ3) is 5.02. The molecule has 0 bridgehead atoms. The summed E-state index contributed by atoms with van der Waals surface area (Å²) in [7, 11) is 1.70. The van der Waals surface area contributed by atoms with Gasteiger partial charge in [0.05, 0.1) is 12.6 Å². The van der Waals surface area contributed by atoms with Crippen LogP contribution >= 0.6 is 11.6 Å². The smallest absolute Gasteiger partial charge is 0.115 e. The lowest BCUT2D eigenvalue weighted by atomic mass is 10.0. The largest absolute Gasteiger partial charge is 0.508 e. The Morgan fingerprint density at radius 1 is 1.09 bits per heavy atom. The summed E-state index contributed by atoms with van der Waals surface area (Å²) >= 11 is 5.95. The summed E-state index contributed by atoms with van der Waals surface area (Å²) in [5, 5.41) is 13.7. The lowest BCUT2D eigenvalue weighted by Gasteiger charge is -2.23.